The lowest BCUT2D eigenvalue weighted by Gasteiger charge is -2.06. The summed E-state index contributed by atoms with van der Waals surface area (Å²) in [6.45, 7) is 2.55. The van der Waals surface area contributed by atoms with Crippen LogP contribution in [0.3, 0.4) is 0 Å². The molecule has 0 saturated carbocycles. The number of carbonyl (C=O) groups is 1. The Hall–Kier alpha value is -2.98. The normalized spacial score (nSPS) is 14.3. The molecule has 3 aromatic carbocycles. The van der Waals surface area contributed by atoms with E-state index in [1.807, 2.05) is 85.8 Å². The highest BCUT2D eigenvalue weighted by molar-refractivity contribution is 8.04. The van der Waals surface area contributed by atoms with Crippen LogP contribution in [0.25, 0.3) is 6.08 Å². The van der Waals surface area contributed by atoms with Crippen molar-refractivity contribution >= 4 is 23.6 Å². The van der Waals surface area contributed by atoms with Crippen LogP contribution in [-0.2, 0) is 0 Å². The molecule has 0 radical (unpaired) electrons. The van der Waals surface area contributed by atoms with Gasteiger partial charge >= 0.3 is 0 Å². The Kier molecular flexibility index (Phi) is 4.99. The molecule has 3 aromatic rings. The quantitative estimate of drug-likeness (QED) is 0.498. The predicted molar refractivity (Wildman–Crippen MR) is 109 cm³/mol. The smallest absolute Gasteiger partial charge is 0.200 e. The van der Waals surface area contributed by atoms with E-state index in [4.69, 9.17) is 9.47 Å². The first kappa shape index (κ1) is 17.4. The van der Waals surface area contributed by atoms with Gasteiger partial charge in [0.05, 0.1) is 11.5 Å². The van der Waals surface area contributed by atoms with Gasteiger partial charge in [0.1, 0.15) is 17.2 Å². The average molecular weight is 374 g/mol. The van der Waals surface area contributed by atoms with Crippen LogP contribution in [0.5, 0.6) is 17.2 Å². The Balaban J connectivity index is 1.57. The third-order valence-corrected chi connectivity index (χ3v) is 5.17. The summed E-state index contributed by atoms with van der Waals surface area (Å²) in [5, 5.41) is 0. The summed E-state index contributed by atoms with van der Waals surface area (Å²) in [5.41, 5.74) is 1.66. The van der Waals surface area contributed by atoms with Crippen molar-refractivity contribution < 1.29 is 14.3 Å². The number of para-hydroxylation sites is 1. The Labute approximate surface area is 162 Å². The van der Waals surface area contributed by atoms with E-state index in [0.717, 1.165) is 33.3 Å². The third kappa shape index (κ3) is 3.91. The van der Waals surface area contributed by atoms with Gasteiger partial charge in [-0.15, -0.1) is 0 Å². The Bertz CT molecular complexity index is 1010. The molecule has 27 heavy (non-hydrogen) atoms. The van der Waals surface area contributed by atoms with E-state index in [1.54, 1.807) is 0 Å². The Morgan fingerprint density at radius 2 is 1.70 bits per heavy atom. The molecule has 0 fully saturated rings. The van der Waals surface area contributed by atoms with E-state index < -0.39 is 0 Å². The van der Waals surface area contributed by atoms with Crippen LogP contribution >= 0.6 is 11.8 Å². The number of allylic oxidation sites excluding steroid dienone is 1. The first-order chi connectivity index (χ1) is 13.2. The largest absolute Gasteiger partial charge is 0.494 e. The van der Waals surface area contributed by atoms with Crippen LogP contribution in [0.4, 0.5) is 0 Å². The summed E-state index contributed by atoms with van der Waals surface area (Å²) >= 11 is 1.48. The molecule has 0 N–H and O–H groups in total. The van der Waals surface area contributed by atoms with Crippen molar-refractivity contribution in [1.29, 1.82) is 0 Å². The van der Waals surface area contributed by atoms with Gasteiger partial charge in [0, 0.05) is 10.5 Å². The number of hydrogen-bond donors (Lipinski definition) is 0. The van der Waals surface area contributed by atoms with Crippen molar-refractivity contribution in [3.63, 3.8) is 0 Å². The minimum absolute atomic E-state index is 0.0485. The van der Waals surface area contributed by atoms with Crippen molar-refractivity contribution in [2.45, 2.75) is 11.8 Å². The van der Waals surface area contributed by atoms with Gasteiger partial charge in [0.25, 0.3) is 0 Å². The van der Waals surface area contributed by atoms with Crippen LogP contribution in [0.15, 0.2) is 82.6 Å². The highest BCUT2D eigenvalue weighted by atomic mass is 32.2. The zero-order valence-electron chi connectivity index (χ0n) is 14.8. The fourth-order valence-corrected chi connectivity index (χ4v) is 3.95. The van der Waals surface area contributed by atoms with Crippen LogP contribution in [0.2, 0.25) is 0 Å². The first-order valence-corrected chi connectivity index (χ1v) is 9.58. The van der Waals surface area contributed by atoms with Crippen LogP contribution in [-0.4, -0.2) is 12.4 Å². The number of ether oxygens (including phenoxy) is 2. The minimum Gasteiger partial charge on any atom is -0.494 e. The molecule has 0 bridgehead atoms. The van der Waals surface area contributed by atoms with Gasteiger partial charge in [-0.1, -0.05) is 42.1 Å². The minimum atomic E-state index is 0.0485. The van der Waals surface area contributed by atoms with Gasteiger partial charge < -0.3 is 9.47 Å². The number of thioether (sulfide) groups is 1. The summed E-state index contributed by atoms with van der Waals surface area (Å²) in [4.78, 5) is 14.3. The second kappa shape index (κ2) is 7.72. The van der Waals surface area contributed by atoms with Gasteiger partial charge in [-0.3, -0.25) is 4.79 Å². The second-order valence-corrected chi connectivity index (χ2v) is 7.10. The molecule has 134 valence electrons. The molecule has 3 nitrogen and oxygen atoms in total. The maximum Gasteiger partial charge on any atom is 0.200 e. The topological polar surface area (TPSA) is 35.5 Å². The predicted octanol–water partition coefficient (Wildman–Crippen LogP) is 6.21. The summed E-state index contributed by atoms with van der Waals surface area (Å²) in [6.07, 6.45) is 1.91. The lowest BCUT2D eigenvalue weighted by atomic mass is 10.1. The Morgan fingerprint density at radius 3 is 2.52 bits per heavy atom. The molecule has 1 heterocycles. The number of carbonyl (C=O) groups excluding carboxylic acids is 1. The van der Waals surface area contributed by atoms with Crippen molar-refractivity contribution in [3.8, 4) is 17.2 Å². The van der Waals surface area contributed by atoms with Crippen LogP contribution < -0.4 is 9.47 Å². The lowest BCUT2D eigenvalue weighted by molar-refractivity contribution is 0.104. The maximum absolute atomic E-state index is 12.7. The van der Waals surface area contributed by atoms with Gasteiger partial charge in [-0.2, -0.15) is 0 Å². The number of Topliss-reactive ketones (excluding diaryl/α,β-unsaturated/α-hetero) is 1. The van der Waals surface area contributed by atoms with E-state index in [2.05, 4.69) is 0 Å². The monoisotopic (exact) mass is 374 g/mol. The number of hydrogen-bond acceptors (Lipinski definition) is 4. The number of fused-ring (bicyclic) bond motifs is 1. The molecule has 0 saturated heterocycles. The van der Waals surface area contributed by atoms with Gasteiger partial charge in [0.15, 0.2) is 0 Å². The van der Waals surface area contributed by atoms with Gasteiger partial charge in [-0.05, 0) is 61.0 Å². The van der Waals surface area contributed by atoms with Crippen molar-refractivity contribution in [3.05, 3.63) is 88.8 Å². The zero-order valence-corrected chi connectivity index (χ0v) is 15.7. The highest BCUT2D eigenvalue weighted by Gasteiger charge is 2.26. The lowest BCUT2D eigenvalue weighted by Crippen LogP contribution is -1.95. The summed E-state index contributed by atoms with van der Waals surface area (Å²) in [5.74, 6) is 2.36. The molecule has 0 aromatic heterocycles. The SMILES string of the molecule is CCOc1ccc2c(c1)SC(=Cc1cccc(Oc3ccccc3)c1)C2=O. The molecule has 1 aliphatic heterocycles. The molecule has 0 unspecified atom stereocenters. The molecule has 0 amide bonds. The summed E-state index contributed by atoms with van der Waals surface area (Å²) in [6, 6.07) is 23.0. The molecule has 0 aliphatic carbocycles. The molecular formula is C23H18O3S. The van der Waals surface area contributed by atoms with E-state index in [0.29, 0.717) is 11.5 Å². The van der Waals surface area contributed by atoms with Crippen molar-refractivity contribution in [1.82, 2.24) is 0 Å². The molecule has 0 spiro atoms. The van der Waals surface area contributed by atoms with Crippen LogP contribution in [0.1, 0.15) is 22.8 Å². The zero-order chi connectivity index (χ0) is 18.6. The fraction of sp³-hybridized carbons (Fsp3) is 0.0870. The van der Waals surface area contributed by atoms with E-state index in [9.17, 15) is 4.79 Å². The Morgan fingerprint density at radius 1 is 0.889 bits per heavy atom. The maximum atomic E-state index is 12.7. The standard InChI is InChI=1S/C23H18O3S/c1-2-25-18-11-12-20-21(15-18)27-22(23(20)24)14-16-7-6-10-19(13-16)26-17-8-4-3-5-9-17/h3-15H,2H2,1H3. The highest BCUT2D eigenvalue weighted by Crippen LogP contribution is 2.42. The summed E-state index contributed by atoms with van der Waals surface area (Å²) in [7, 11) is 0. The van der Waals surface area contributed by atoms with Gasteiger partial charge in [0.2, 0.25) is 5.78 Å². The summed E-state index contributed by atoms with van der Waals surface area (Å²) < 4.78 is 11.4. The number of rotatable bonds is 5. The third-order valence-electron chi connectivity index (χ3n) is 4.09. The van der Waals surface area contributed by atoms with Crippen molar-refractivity contribution in [2.24, 2.45) is 0 Å². The van der Waals surface area contributed by atoms with Crippen LogP contribution in [0, 0.1) is 0 Å². The molecule has 4 rings (SSSR count). The van der Waals surface area contributed by atoms with Crippen molar-refractivity contribution in [2.75, 3.05) is 6.61 Å². The fourth-order valence-electron chi connectivity index (χ4n) is 2.87. The van der Waals surface area contributed by atoms with E-state index in [1.165, 1.54) is 11.8 Å². The van der Waals surface area contributed by atoms with Gasteiger partial charge in [-0.25, -0.2) is 0 Å². The number of benzene rings is 3. The molecule has 0 atom stereocenters. The molecule has 1 aliphatic rings. The van der Waals surface area contributed by atoms with E-state index in [-0.39, 0.29) is 5.78 Å². The molecule has 4 heteroatoms. The number of ketones is 1. The first-order valence-electron chi connectivity index (χ1n) is 8.77. The second-order valence-electron chi connectivity index (χ2n) is 6.02. The van der Waals surface area contributed by atoms with E-state index >= 15 is 0 Å². The average Bonchev–Trinajstić information content (AvgIpc) is 2.98. The molecular weight excluding hydrogens is 356 g/mol.